The molecule has 156 valence electrons. The van der Waals surface area contributed by atoms with Crippen molar-refractivity contribution in [3.63, 3.8) is 0 Å². The molecule has 3 rings (SSSR count). The van der Waals surface area contributed by atoms with Gasteiger partial charge in [-0.15, -0.1) is 0 Å². The van der Waals surface area contributed by atoms with Crippen LogP contribution in [0.15, 0.2) is 54.9 Å². The predicted molar refractivity (Wildman–Crippen MR) is 105 cm³/mol. The van der Waals surface area contributed by atoms with Crippen molar-refractivity contribution in [1.82, 2.24) is 9.97 Å². The third-order valence-corrected chi connectivity index (χ3v) is 4.26. The summed E-state index contributed by atoms with van der Waals surface area (Å²) in [6, 6.07) is 9.19. The summed E-state index contributed by atoms with van der Waals surface area (Å²) < 4.78 is 43.1. The van der Waals surface area contributed by atoms with E-state index >= 15 is 0 Å². The molecule has 0 aliphatic carbocycles. The monoisotopic (exact) mass is 418 g/mol. The zero-order valence-corrected chi connectivity index (χ0v) is 15.9. The van der Waals surface area contributed by atoms with Gasteiger partial charge in [0.25, 0.3) is 0 Å². The fourth-order valence-electron chi connectivity index (χ4n) is 2.64. The SMILES string of the molecule is COc1ccc(Nc2cnc(N(C)c3ccc(C(F)(F)F)cc3)nc2)c(C(=O)O)c1. The van der Waals surface area contributed by atoms with Crippen molar-refractivity contribution in [3.05, 3.63) is 66.0 Å². The highest BCUT2D eigenvalue weighted by Crippen LogP contribution is 2.31. The minimum absolute atomic E-state index is 0.0142. The minimum atomic E-state index is -4.41. The summed E-state index contributed by atoms with van der Waals surface area (Å²) >= 11 is 0. The van der Waals surface area contributed by atoms with E-state index in [0.29, 0.717) is 22.8 Å². The van der Waals surface area contributed by atoms with Crippen molar-refractivity contribution < 1.29 is 27.8 Å². The van der Waals surface area contributed by atoms with Crippen molar-refractivity contribution in [1.29, 1.82) is 0 Å². The molecule has 1 heterocycles. The number of carboxylic acid groups (broad SMARTS) is 1. The Morgan fingerprint density at radius 2 is 1.73 bits per heavy atom. The number of nitrogens with zero attached hydrogens (tertiary/aromatic N) is 3. The quantitative estimate of drug-likeness (QED) is 0.599. The number of ether oxygens (including phenoxy) is 1. The number of rotatable bonds is 6. The average molecular weight is 418 g/mol. The van der Waals surface area contributed by atoms with Crippen LogP contribution in [0.5, 0.6) is 5.75 Å². The maximum absolute atomic E-state index is 12.7. The van der Waals surface area contributed by atoms with Gasteiger partial charge in [0, 0.05) is 12.7 Å². The van der Waals surface area contributed by atoms with Crippen molar-refractivity contribution in [3.8, 4) is 5.75 Å². The summed E-state index contributed by atoms with van der Waals surface area (Å²) in [7, 11) is 3.06. The van der Waals surface area contributed by atoms with Crippen LogP contribution in [0.1, 0.15) is 15.9 Å². The number of carbonyl (C=O) groups is 1. The second-order valence-corrected chi connectivity index (χ2v) is 6.22. The lowest BCUT2D eigenvalue weighted by molar-refractivity contribution is -0.137. The number of carboxylic acids is 1. The minimum Gasteiger partial charge on any atom is -0.497 e. The number of aromatic nitrogens is 2. The smallest absolute Gasteiger partial charge is 0.416 e. The van der Waals surface area contributed by atoms with Gasteiger partial charge in [0.05, 0.1) is 42.0 Å². The molecular weight excluding hydrogens is 401 g/mol. The van der Waals surface area contributed by atoms with E-state index in [1.165, 1.54) is 42.6 Å². The van der Waals surface area contributed by atoms with E-state index in [2.05, 4.69) is 15.3 Å². The number of aromatic carboxylic acids is 1. The molecular formula is C20H17F3N4O3. The highest BCUT2D eigenvalue weighted by Gasteiger charge is 2.30. The van der Waals surface area contributed by atoms with Crippen LogP contribution in [-0.4, -0.2) is 35.2 Å². The normalized spacial score (nSPS) is 11.1. The van der Waals surface area contributed by atoms with Gasteiger partial charge in [-0.2, -0.15) is 13.2 Å². The number of methoxy groups -OCH3 is 1. The number of benzene rings is 2. The summed E-state index contributed by atoms with van der Waals surface area (Å²) in [6.07, 6.45) is -1.52. The van der Waals surface area contributed by atoms with Crippen LogP contribution in [0, 0.1) is 0 Å². The summed E-state index contributed by atoms with van der Waals surface area (Å²) in [6.45, 7) is 0. The Morgan fingerprint density at radius 3 is 2.27 bits per heavy atom. The molecule has 0 unspecified atom stereocenters. The fourth-order valence-corrected chi connectivity index (χ4v) is 2.64. The van der Waals surface area contributed by atoms with Crippen LogP contribution in [-0.2, 0) is 6.18 Å². The molecule has 2 aromatic carbocycles. The summed E-state index contributed by atoms with van der Waals surface area (Å²) in [4.78, 5) is 21.4. The molecule has 0 radical (unpaired) electrons. The molecule has 7 nitrogen and oxygen atoms in total. The molecule has 0 aliphatic heterocycles. The summed E-state index contributed by atoms with van der Waals surface area (Å²) in [5.41, 5.74) is 0.518. The molecule has 1 aromatic heterocycles. The number of hydrogen-bond donors (Lipinski definition) is 2. The van der Waals surface area contributed by atoms with Crippen LogP contribution in [0.4, 0.5) is 36.2 Å². The number of halogens is 3. The molecule has 10 heteroatoms. The van der Waals surface area contributed by atoms with Gasteiger partial charge in [-0.25, -0.2) is 14.8 Å². The van der Waals surface area contributed by atoms with E-state index in [0.717, 1.165) is 12.1 Å². The molecule has 0 saturated carbocycles. The molecule has 0 fully saturated rings. The molecule has 0 bridgehead atoms. The lowest BCUT2D eigenvalue weighted by atomic mass is 10.1. The van der Waals surface area contributed by atoms with Gasteiger partial charge in [-0.05, 0) is 42.5 Å². The van der Waals surface area contributed by atoms with E-state index < -0.39 is 17.7 Å². The third kappa shape index (κ3) is 4.59. The first kappa shape index (κ1) is 20.9. The Balaban J connectivity index is 1.77. The lowest BCUT2D eigenvalue weighted by Gasteiger charge is -2.18. The topological polar surface area (TPSA) is 87.6 Å². The van der Waals surface area contributed by atoms with Gasteiger partial charge >= 0.3 is 12.1 Å². The molecule has 0 amide bonds. The average Bonchev–Trinajstić information content (AvgIpc) is 2.73. The van der Waals surface area contributed by atoms with Crippen LogP contribution in [0.2, 0.25) is 0 Å². The molecule has 2 N–H and O–H groups in total. The Morgan fingerprint density at radius 1 is 1.10 bits per heavy atom. The fraction of sp³-hybridized carbons (Fsp3) is 0.150. The second kappa shape index (κ2) is 8.27. The lowest BCUT2D eigenvalue weighted by Crippen LogP contribution is -2.14. The maximum Gasteiger partial charge on any atom is 0.416 e. The van der Waals surface area contributed by atoms with E-state index in [1.54, 1.807) is 19.2 Å². The van der Waals surface area contributed by atoms with E-state index in [9.17, 15) is 23.1 Å². The first-order valence-corrected chi connectivity index (χ1v) is 8.60. The Hall–Kier alpha value is -3.82. The van der Waals surface area contributed by atoms with Gasteiger partial charge < -0.3 is 20.1 Å². The van der Waals surface area contributed by atoms with Gasteiger partial charge in [0.15, 0.2) is 0 Å². The zero-order chi connectivity index (χ0) is 21.9. The number of hydrogen-bond acceptors (Lipinski definition) is 6. The van der Waals surface area contributed by atoms with E-state index in [-0.39, 0.29) is 11.5 Å². The van der Waals surface area contributed by atoms with E-state index in [1.807, 2.05) is 0 Å². The second-order valence-electron chi connectivity index (χ2n) is 6.22. The number of nitrogens with one attached hydrogen (secondary N) is 1. The van der Waals surface area contributed by atoms with E-state index in [4.69, 9.17) is 4.74 Å². The van der Waals surface area contributed by atoms with Crippen molar-refractivity contribution in [2.75, 3.05) is 24.4 Å². The molecule has 0 saturated heterocycles. The Kier molecular flexibility index (Phi) is 5.77. The number of alkyl halides is 3. The molecule has 0 spiro atoms. The number of anilines is 4. The van der Waals surface area contributed by atoms with Crippen molar-refractivity contribution >= 4 is 29.0 Å². The molecule has 30 heavy (non-hydrogen) atoms. The molecule has 0 aliphatic rings. The highest BCUT2D eigenvalue weighted by atomic mass is 19.4. The Bertz CT molecular complexity index is 1040. The first-order chi connectivity index (χ1) is 14.2. The molecule has 0 atom stereocenters. The summed E-state index contributed by atoms with van der Waals surface area (Å²) in [5, 5.41) is 12.3. The zero-order valence-electron chi connectivity index (χ0n) is 15.9. The third-order valence-electron chi connectivity index (χ3n) is 4.26. The van der Waals surface area contributed by atoms with Gasteiger partial charge in [-0.1, -0.05) is 0 Å². The van der Waals surface area contributed by atoms with Crippen molar-refractivity contribution in [2.24, 2.45) is 0 Å². The first-order valence-electron chi connectivity index (χ1n) is 8.60. The highest BCUT2D eigenvalue weighted by molar-refractivity contribution is 5.95. The standard InChI is InChI=1S/C20H17F3N4O3/c1-27(14-5-3-12(4-6-14)20(21,22)23)19-24-10-13(11-25-19)26-17-8-7-15(30-2)9-16(17)18(28)29/h3-11,26H,1-2H3,(H,28,29). The summed E-state index contributed by atoms with van der Waals surface area (Å²) in [5.74, 6) is -0.466. The molecule has 3 aromatic rings. The van der Waals surface area contributed by atoms with Gasteiger partial charge in [0.2, 0.25) is 5.95 Å². The van der Waals surface area contributed by atoms with Crippen molar-refractivity contribution in [2.45, 2.75) is 6.18 Å². The predicted octanol–water partition coefficient (Wildman–Crippen LogP) is 4.71. The van der Waals surface area contributed by atoms with Gasteiger partial charge in [0.1, 0.15) is 5.75 Å². The van der Waals surface area contributed by atoms with Crippen LogP contribution < -0.4 is 15.0 Å². The van der Waals surface area contributed by atoms with Crippen LogP contribution in [0.25, 0.3) is 0 Å². The van der Waals surface area contributed by atoms with Gasteiger partial charge in [-0.3, -0.25) is 0 Å². The van der Waals surface area contributed by atoms with Crippen LogP contribution >= 0.6 is 0 Å². The Labute approximate surface area is 169 Å². The maximum atomic E-state index is 12.7. The largest absolute Gasteiger partial charge is 0.497 e. The van der Waals surface area contributed by atoms with Crippen LogP contribution in [0.3, 0.4) is 0 Å².